The number of Topliss-reactive ketones (excluding diaryl/α,β-unsaturated/α-hetero) is 1. The minimum absolute atomic E-state index is 0.0418. The van der Waals surface area contributed by atoms with Crippen molar-refractivity contribution in [1.82, 2.24) is 0 Å². The third kappa shape index (κ3) is 3.68. The second kappa shape index (κ2) is 4.81. The second-order valence-corrected chi connectivity index (χ2v) is 4.78. The van der Waals surface area contributed by atoms with Gasteiger partial charge in [0.05, 0.1) is 0 Å². The molecule has 0 aromatic carbocycles. The summed E-state index contributed by atoms with van der Waals surface area (Å²) in [4.78, 5) is 21.5. The molecule has 0 amide bonds. The Labute approximate surface area is 97.4 Å². The van der Waals surface area contributed by atoms with Crippen LogP contribution in [0.5, 0.6) is 0 Å². The molecule has 0 aromatic heterocycles. The van der Waals surface area contributed by atoms with Crippen LogP contribution in [0.15, 0.2) is 24.3 Å². The van der Waals surface area contributed by atoms with E-state index < -0.39 is 16.7 Å². The molecule has 1 N–H and O–H groups in total. The highest BCUT2D eigenvalue weighted by Gasteiger charge is 2.33. The van der Waals surface area contributed by atoms with Crippen LogP contribution < -0.4 is 0 Å². The molecular formula is C10H10Cl2O3. The lowest BCUT2D eigenvalue weighted by Gasteiger charge is -2.25. The fourth-order valence-corrected chi connectivity index (χ4v) is 1.77. The van der Waals surface area contributed by atoms with Gasteiger partial charge in [0.1, 0.15) is 16.5 Å². The number of hydrogen-bond donors (Lipinski definition) is 1. The molecule has 1 rings (SSSR count). The highest BCUT2D eigenvalue weighted by atomic mass is 35.5. The predicted octanol–water partition coefficient (Wildman–Crippen LogP) is 2.34. The third-order valence-corrected chi connectivity index (χ3v) is 2.88. The van der Waals surface area contributed by atoms with Crippen LogP contribution in [-0.4, -0.2) is 21.2 Å². The molecule has 0 saturated carbocycles. The van der Waals surface area contributed by atoms with Crippen LogP contribution in [0.2, 0.25) is 0 Å². The Kier molecular flexibility index (Phi) is 3.94. The minimum atomic E-state index is -1.13. The number of hydrogen-bond acceptors (Lipinski definition) is 2. The fraction of sp³-hybridized carbons (Fsp3) is 0.400. The van der Waals surface area contributed by atoms with Gasteiger partial charge in [0.15, 0.2) is 0 Å². The van der Waals surface area contributed by atoms with Gasteiger partial charge in [-0.1, -0.05) is 41.4 Å². The van der Waals surface area contributed by atoms with Crippen LogP contribution in [0.4, 0.5) is 0 Å². The van der Waals surface area contributed by atoms with Crippen LogP contribution in [0.1, 0.15) is 12.8 Å². The Hall–Kier alpha value is -0.800. The fourth-order valence-electron chi connectivity index (χ4n) is 1.32. The molecule has 3 nitrogen and oxygen atoms in total. The molecule has 15 heavy (non-hydrogen) atoms. The normalized spacial score (nSPS) is 22.7. The van der Waals surface area contributed by atoms with E-state index in [4.69, 9.17) is 28.3 Å². The van der Waals surface area contributed by atoms with Gasteiger partial charge >= 0.3 is 5.97 Å². The van der Waals surface area contributed by atoms with Crippen LogP contribution in [0.3, 0.4) is 0 Å². The van der Waals surface area contributed by atoms with Gasteiger partial charge in [-0.2, -0.15) is 0 Å². The number of carbonyl (C=O) groups is 2. The van der Waals surface area contributed by atoms with Crippen molar-refractivity contribution in [2.75, 3.05) is 0 Å². The smallest absolute Gasteiger partial charge is 0.310 e. The first kappa shape index (κ1) is 12.3. The number of carbonyl (C=O) groups excluding carboxylic acids is 1. The Morgan fingerprint density at radius 3 is 2.53 bits per heavy atom. The van der Waals surface area contributed by atoms with E-state index in [2.05, 4.69) is 0 Å². The predicted molar refractivity (Wildman–Crippen MR) is 58.1 cm³/mol. The maximum atomic E-state index is 11.3. The summed E-state index contributed by atoms with van der Waals surface area (Å²) in [6.07, 6.45) is 6.27. The van der Waals surface area contributed by atoms with Crippen molar-refractivity contribution in [3.05, 3.63) is 24.3 Å². The molecule has 0 bridgehead atoms. The van der Waals surface area contributed by atoms with Crippen LogP contribution in [0.25, 0.3) is 0 Å². The van der Waals surface area contributed by atoms with E-state index in [1.807, 2.05) is 0 Å². The Morgan fingerprint density at radius 1 is 1.33 bits per heavy atom. The Balaban J connectivity index is 2.58. The first-order valence-corrected chi connectivity index (χ1v) is 5.15. The lowest BCUT2D eigenvalue weighted by molar-refractivity contribution is -0.140. The first-order chi connectivity index (χ1) is 6.92. The number of allylic oxidation sites excluding steroid dienone is 4. The Bertz CT molecular complexity index is 332. The number of carboxylic acids is 1. The zero-order valence-corrected chi connectivity index (χ0v) is 9.33. The van der Waals surface area contributed by atoms with Gasteiger partial charge in [0, 0.05) is 12.3 Å². The summed E-state index contributed by atoms with van der Waals surface area (Å²) in [6, 6.07) is 0. The van der Waals surface area contributed by atoms with Crippen molar-refractivity contribution in [3.63, 3.8) is 0 Å². The molecule has 1 aliphatic rings. The van der Waals surface area contributed by atoms with Gasteiger partial charge in [-0.25, -0.2) is 0 Å². The molecule has 0 saturated heterocycles. The summed E-state index contributed by atoms with van der Waals surface area (Å²) in [5, 5.41) is 8.42. The van der Waals surface area contributed by atoms with Crippen molar-refractivity contribution in [2.24, 2.45) is 5.92 Å². The van der Waals surface area contributed by atoms with Crippen molar-refractivity contribution in [1.29, 1.82) is 0 Å². The molecule has 0 heterocycles. The molecule has 5 heteroatoms. The molecule has 0 fully saturated rings. The van der Waals surface area contributed by atoms with Crippen LogP contribution in [0, 0.1) is 5.92 Å². The van der Waals surface area contributed by atoms with E-state index in [0.29, 0.717) is 0 Å². The lowest BCUT2D eigenvalue weighted by atomic mass is 9.93. The van der Waals surface area contributed by atoms with Crippen molar-refractivity contribution < 1.29 is 14.7 Å². The quantitative estimate of drug-likeness (QED) is 0.614. The van der Waals surface area contributed by atoms with Crippen molar-refractivity contribution in [2.45, 2.75) is 17.2 Å². The summed E-state index contributed by atoms with van der Waals surface area (Å²) in [5.41, 5.74) is 0. The molecule has 1 aliphatic carbocycles. The van der Waals surface area contributed by atoms with Crippen LogP contribution in [-0.2, 0) is 9.59 Å². The number of halogens is 2. The molecular weight excluding hydrogens is 239 g/mol. The maximum Gasteiger partial charge on any atom is 0.310 e. The van der Waals surface area contributed by atoms with E-state index in [0.717, 1.165) is 0 Å². The summed E-state index contributed by atoms with van der Waals surface area (Å²) in [7, 11) is 0. The topological polar surface area (TPSA) is 54.4 Å². The highest BCUT2D eigenvalue weighted by Crippen LogP contribution is 2.37. The van der Waals surface area contributed by atoms with Crippen molar-refractivity contribution in [3.8, 4) is 0 Å². The number of aliphatic carboxylic acids is 1. The van der Waals surface area contributed by atoms with E-state index in [1.54, 1.807) is 24.3 Å². The summed E-state index contributed by atoms with van der Waals surface area (Å²) in [5.74, 6) is -1.87. The average molecular weight is 249 g/mol. The number of rotatable bonds is 4. The van der Waals surface area contributed by atoms with E-state index >= 15 is 0 Å². The number of carboxylic acid groups (broad SMARTS) is 1. The third-order valence-electron chi connectivity index (χ3n) is 2.06. The molecule has 82 valence electrons. The van der Waals surface area contributed by atoms with Crippen LogP contribution >= 0.6 is 23.2 Å². The number of ketones is 1. The van der Waals surface area contributed by atoms with Gasteiger partial charge in [-0.15, -0.1) is 0 Å². The molecule has 0 aliphatic heterocycles. The summed E-state index contributed by atoms with van der Waals surface area (Å²) < 4.78 is -1.12. The zero-order chi connectivity index (χ0) is 11.5. The molecule has 0 aromatic rings. The minimum Gasteiger partial charge on any atom is -0.481 e. The van der Waals surface area contributed by atoms with Crippen molar-refractivity contribution >= 4 is 35.0 Å². The lowest BCUT2D eigenvalue weighted by Crippen LogP contribution is -2.26. The molecule has 1 atom stereocenters. The molecule has 0 radical (unpaired) electrons. The summed E-state index contributed by atoms with van der Waals surface area (Å²) in [6.45, 7) is 0. The van der Waals surface area contributed by atoms with E-state index in [-0.39, 0.29) is 18.1 Å². The number of alkyl halides is 2. The largest absolute Gasteiger partial charge is 0.481 e. The second-order valence-electron chi connectivity index (χ2n) is 3.34. The molecule has 0 spiro atoms. The monoisotopic (exact) mass is 248 g/mol. The van der Waals surface area contributed by atoms with Gasteiger partial charge in [0.25, 0.3) is 0 Å². The van der Waals surface area contributed by atoms with Gasteiger partial charge in [-0.3, -0.25) is 9.59 Å². The Morgan fingerprint density at radius 2 is 2.00 bits per heavy atom. The standard InChI is InChI=1S/C10H10Cl2O3/c11-10(12)4-2-1-3-7(10)5-8(13)6-9(14)15/h1-4,7H,5-6H2,(H,14,15). The van der Waals surface area contributed by atoms with E-state index in [9.17, 15) is 9.59 Å². The first-order valence-electron chi connectivity index (χ1n) is 4.39. The molecule has 1 unspecified atom stereocenters. The van der Waals surface area contributed by atoms with Gasteiger partial charge in [-0.05, 0) is 6.08 Å². The zero-order valence-electron chi connectivity index (χ0n) is 7.82. The average Bonchev–Trinajstić information content (AvgIpc) is 2.07. The maximum absolute atomic E-state index is 11.3. The highest BCUT2D eigenvalue weighted by molar-refractivity contribution is 6.50. The van der Waals surface area contributed by atoms with Gasteiger partial charge in [0.2, 0.25) is 0 Å². The SMILES string of the molecule is O=C(O)CC(=O)CC1C=CC=CC1(Cl)Cl. The van der Waals surface area contributed by atoms with E-state index in [1.165, 1.54) is 0 Å². The summed E-state index contributed by atoms with van der Waals surface area (Å²) >= 11 is 11.9. The van der Waals surface area contributed by atoms with Gasteiger partial charge < -0.3 is 5.11 Å².